The lowest BCUT2D eigenvalue weighted by molar-refractivity contribution is -0.135. The van der Waals surface area contributed by atoms with E-state index in [1.54, 1.807) is 18.4 Å². The molecule has 25 heavy (non-hydrogen) atoms. The minimum Gasteiger partial charge on any atom is -0.469 e. The maximum atomic E-state index is 13.9. The summed E-state index contributed by atoms with van der Waals surface area (Å²) in [6, 6.07) is 10.6. The van der Waals surface area contributed by atoms with Crippen molar-refractivity contribution in [3.63, 3.8) is 0 Å². The molecule has 4 nitrogen and oxygen atoms in total. The quantitative estimate of drug-likeness (QED) is 0.854. The van der Waals surface area contributed by atoms with Crippen molar-refractivity contribution in [2.45, 2.75) is 37.8 Å². The van der Waals surface area contributed by atoms with Crippen molar-refractivity contribution in [3.8, 4) is 0 Å². The van der Waals surface area contributed by atoms with Crippen LogP contribution in [0, 0.1) is 5.82 Å². The first-order chi connectivity index (χ1) is 12.2. The van der Waals surface area contributed by atoms with Crippen LogP contribution in [-0.4, -0.2) is 41.4 Å². The van der Waals surface area contributed by atoms with Crippen molar-refractivity contribution in [1.29, 1.82) is 0 Å². The Hall–Kier alpha value is -2.14. The number of carbonyl (C=O) groups excluding carboxylic acids is 1. The summed E-state index contributed by atoms with van der Waals surface area (Å²) in [6.07, 6.45) is 4.47. The van der Waals surface area contributed by atoms with Crippen LogP contribution in [0.3, 0.4) is 0 Å². The van der Waals surface area contributed by atoms with Crippen LogP contribution in [0.2, 0.25) is 0 Å². The number of hydrogen-bond donors (Lipinski definition) is 0. The molecule has 0 bridgehead atoms. The van der Waals surface area contributed by atoms with Gasteiger partial charge in [-0.25, -0.2) is 4.39 Å². The molecule has 2 saturated heterocycles. The molecule has 2 fully saturated rings. The van der Waals surface area contributed by atoms with E-state index in [1.165, 1.54) is 6.07 Å². The Kier molecular flexibility index (Phi) is 4.57. The maximum Gasteiger partial charge on any atom is 0.239 e. The Morgan fingerprint density at radius 3 is 2.84 bits per heavy atom. The van der Waals surface area contributed by atoms with Gasteiger partial charge in [0, 0.05) is 31.1 Å². The Morgan fingerprint density at radius 2 is 2.04 bits per heavy atom. The van der Waals surface area contributed by atoms with E-state index >= 15 is 0 Å². The normalized spacial score (nSPS) is 24.1. The average molecular weight is 342 g/mol. The zero-order valence-electron chi connectivity index (χ0n) is 14.2. The van der Waals surface area contributed by atoms with Gasteiger partial charge in [-0.3, -0.25) is 9.69 Å². The first-order valence-electron chi connectivity index (χ1n) is 9.02. The van der Waals surface area contributed by atoms with Crippen LogP contribution in [0.4, 0.5) is 4.39 Å². The predicted octanol–water partition coefficient (Wildman–Crippen LogP) is 3.40. The molecular weight excluding hydrogens is 319 g/mol. The number of likely N-dealkylation sites (tertiary alicyclic amines) is 2. The van der Waals surface area contributed by atoms with E-state index in [4.69, 9.17) is 4.42 Å². The van der Waals surface area contributed by atoms with Gasteiger partial charge in [-0.2, -0.15) is 0 Å². The minimum absolute atomic E-state index is 0.130. The summed E-state index contributed by atoms with van der Waals surface area (Å²) in [5.41, 5.74) is 0.664. The standard InChI is InChI=1S/C20H23FN2O2/c21-17-6-2-1-5-15(17)13-22-10-3-7-18(22)20(24)23-11-9-16(14-23)19-8-4-12-25-19/h1-2,4-6,8,12,16,18H,3,7,9-11,13-14H2. The molecule has 0 aliphatic carbocycles. The number of nitrogens with zero attached hydrogens (tertiary/aromatic N) is 2. The van der Waals surface area contributed by atoms with Gasteiger partial charge in [-0.1, -0.05) is 18.2 Å². The fourth-order valence-electron chi connectivity index (χ4n) is 4.07. The maximum absolute atomic E-state index is 13.9. The third kappa shape index (κ3) is 3.33. The number of carbonyl (C=O) groups is 1. The van der Waals surface area contributed by atoms with Gasteiger partial charge in [0.15, 0.2) is 0 Å². The number of halogens is 1. The molecular formula is C20H23FN2O2. The zero-order chi connectivity index (χ0) is 17.2. The molecule has 2 aromatic rings. The van der Waals surface area contributed by atoms with E-state index in [9.17, 15) is 9.18 Å². The van der Waals surface area contributed by atoms with E-state index in [0.29, 0.717) is 18.0 Å². The van der Waals surface area contributed by atoms with E-state index in [-0.39, 0.29) is 17.8 Å². The van der Waals surface area contributed by atoms with E-state index in [2.05, 4.69) is 4.90 Å². The molecule has 0 saturated carbocycles. The van der Waals surface area contributed by atoms with Crippen molar-refractivity contribution in [2.75, 3.05) is 19.6 Å². The van der Waals surface area contributed by atoms with Gasteiger partial charge in [0.2, 0.25) is 5.91 Å². The topological polar surface area (TPSA) is 36.7 Å². The highest BCUT2D eigenvalue weighted by molar-refractivity contribution is 5.82. The summed E-state index contributed by atoms with van der Waals surface area (Å²) < 4.78 is 19.4. The minimum atomic E-state index is -0.195. The average Bonchev–Trinajstić information content (AvgIpc) is 3.37. The molecule has 3 heterocycles. The smallest absolute Gasteiger partial charge is 0.239 e. The summed E-state index contributed by atoms with van der Waals surface area (Å²) in [7, 11) is 0. The van der Waals surface area contributed by atoms with Crippen LogP contribution in [0.15, 0.2) is 47.1 Å². The molecule has 1 aromatic heterocycles. The highest BCUT2D eigenvalue weighted by atomic mass is 19.1. The summed E-state index contributed by atoms with van der Waals surface area (Å²) in [4.78, 5) is 17.1. The molecule has 2 unspecified atom stereocenters. The molecule has 2 aliphatic heterocycles. The molecule has 132 valence electrons. The third-order valence-electron chi connectivity index (χ3n) is 5.43. The first-order valence-corrected chi connectivity index (χ1v) is 9.02. The Bertz CT molecular complexity index is 731. The van der Waals surface area contributed by atoms with Crippen molar-refractivity contribution >= 4 is 5.91 Å². The van der Waals surface area contributed by atoms with Gasteiger partial charge >= 0.3 is 0 Å². The highest BCUT2D eigenvalue weighted by Gasteiger charge is 2.37. The van der Waals surface area contributed by atoms with E-state index < -0.39 is 0 Å². The van der Waals surface area contributed by atoms with Crippen LogP contribution in [-0.2, 0) is 11.3 Å². The van der Waals surface area contributed by atoms with E-state index in [0.717, 1.165) is 44.7 Å². The fraction of sp³-hybridized carbons (Fsp3) is 0.450. The fourth-order valence-corrected chi connectivity index (χ4v) is 4.07. The molecule has 4 rings (SSSR count). The number of hydrogen-bond acceptors (Lipinski definition) is 3. The predicted molar refractivity (Wildman–Crippen MR) is 92.5 cm³/mol. The number of amides is 1. The van der Waals surface area contributed by atoms with Gasteiger partial charge < -0.3 is 9.32 Å². The second-order valence-electron chi connectivity index (χ2n) is 7.01. The van der Waals surface area contributed by atoms with Crippen LogP contribution in [0.5, 0.6) is 0 Å². The van der Waals surface area contributed by atoms with Gasteiger partial charge in [-0.05, 0) is 44.0 Å². The lowest BCUT2D eigenvalue weighted by Crippen LogP contribution is -2.44. The van der Waals surface area contributed by atoms with Crippen LogP contribution < -0.4 is 0 Å². The monoisotopic (exact) mass is 342 g/mol. The molecule has 2 atom stereocenters. The van der Waals surface area contributed by atoms with Crippen LogP contribution in [0.25, 0.3) is 0 Å². The summed E-state index contributed by atoms with van der Waals surface area (Å²) in [5.74, 6) is 1.24. The molecule has 1 aromatic carbocycles. The summed E-state index contributed by atoms with van der Waals surface area (Å²) in [6.45, 7) is 2.84. The summed E-state index contributed by atoms with van der Waals surface area (Å²) >= 11 is 0. The molecule has 0 N–H and O–H groups in total. The first kappa shape index (κ1) is 16.3. The van der Waals surface area contributed by atoms with Crippen LogP contribution >= 0.6 is 0 Å². The lowest BCUT2D eigenvalue weighted by atomic mass is 10.1. The Morgan fingerprint density at radius 1 is 1.16 bits per heavy atom. The molecule has 0 spiro atoms. The Balaban J connectivity index is 1.42. The molecule has 1 amide bonds. The number of benzene rings is 1. The second kappa shape index (κ2) is 7.00. The molecule has 0 radical (unpaired) electrons. The molecule has 5 heteroatoms. The van der Waals surface area contributed by atoms with Gasteiger partial charge in [-0.15, -0.1) is 0 Å². The van der Waals surface area contributed by atoms with E-state index in [1.807, 2.05) is 23.1 Å². The third-order valence-corrected chi connectivity index (χ3v) is 5.43. The van der Waals surface area contributed by atoms with Gasteiger partial charge in [0.1, 0.15) is 11.6 Å². The lowest BCUT2D eigenvalue weighted by Gasteiger charge is -2.28. The van der Waals surface area contributed by atoms with Crippen molar-refractivity contribution in [3.05, 3.63) is 59.8 Å². The van der Waals surface area contributed by atoms with Crippen molar-refractivity contribution in [1.82, 2.24) is 9.80 Å². The zero-order valence-corrected chi connectivity index (χ0v) is 14.2. The van der Waals surface area contributed by atoms with Crippen molar-refractivity contribution < 1.29 is 13.6 Å². The summed E-state index contributed by atoms with van der Waals surface area (Å²) in [5, 5.41) is 0. The van der Waals surface area contributed by atoms with Gasteiger partial charge in [0.25, 0.3) is 0 Å². The number of rotatable bonds is 4. The second-order valence-corrected chi connectivity index (χ2v) is 7.01. The SMILES string of the molecule is O=C(C1CCCN1Cc1ccccc1F)N1CCC(c2ccco2)C1. The number of furan rings is 1. The molecule has 2 aliphatic rings. The highest BCUT2D eigenvalue weighted by Crippen LogP contribution is 2.30. The Labute approximate surface area is 147 Å². The van der Waals surface area contributed by atoms with Crippen molar-refractivity contribution in [2.24, 2.45) is 0 Å². The van der Waals surface area contributed by atoms with Gasteiger partial charge in [0.05, 0.1) is 12.3 Å². The largest absolute Gasteiger partial charge is 0.469 e. The van der Waals surface area contributed by atoms with Crippen LogP contribution in [0.1, 0.15) is 36.5 Å².